The highest BCUT2D eigenvalue weighted by molar-refractivity contribution is 5.99. The molecule has 1 aromatic carbocycles. The Morgan fingerprint density at radius 2 is 1.79 bits per heavy atom. The predicted octanol–water partition coefficient (Wildman–Crippen LogP) is 4.21. The molecule has 0 aliphatic carbocycles. The van der Waals surface area contributed by atoms with E-state index in [2.05, 4.69) is 33.9 Å². The Hall–Kier alpha value is -3.73. The van der Waals surface area contributed by atoms with Crippen LogP contribution in [0, 0.1) is 17.6 Å². The maximum absolute atomic E-state index is 15.0. The molecule has 0 unspecified atom stereocenters. The average Bonchev–Trinajstić information content (AvgIpc) is 2.89. The molecule has 206 valence electrons. The summed E-state index contributed by atoms with van der Waals surface area (Å²) in [5, 5.41) is 0. The Kier molecular flexibility index (Phi) is 7.44. The Labute approximate surface area is 225 Å². The van der Waals surface area contributed by atoms with Gasteiger partial charge >= 0.3 is 0 Å². The number of ether oxygens (including phenoxy) is 1. The second-order valence-electron chi connectivity index (χ2n) is 10.4. The number of carbonyl (C=O) groups is 1. The van der Waals surface area contributed by atoms with Gasteiger partial charge in [0.05, 0.1) is 29.7 Å². The number of aromatic nitrogens is 3. The van der Waals surface area contributed by atoms with E-state index in [4.69, 9.17) is 4.74 Å². The van der Waals surface area contributed by atoms with Crippen LogP contribution < -0.4 is 14.5 Å². The molecule has 1 amide bonds. The topological polar surface area (TPSA) is 74.7 Å². The van der Waals surface area contributed by atoms with E-state index >= 15 is 0 Å². The van der Waals surface area contributed by atoms with Gasteiger partial charge in [0, 0.05) is 30.7 Å². The minimum absolute atomic E-state index is 0.0559. The quantitative estimate of drug-likeness (QED) is 0.434. The number of anilines is 2. The molecule has 1 saturated heterocycles. The summed E-state index contributed by atoms with van der Waals surface area (Å²) in [5.41, 5.74) is 1.05. The Morgan fingerprint density at radius 3 is 2.46 bits per heavy atom. The van der Waals surface area contributed by atoms with Gasteiger partial charge in [-0.05, 0) is 65.0 Å². The van der Waals surface area contributed by atoms with E-state index < -0.39 is 17.6 Å². The molecule has 5 rings (SSSR count). The lowest BCUT2D eigenvalue weighted by atomic mass is 10.0. The molecule has 2 aliphatic rings. The summed E-state index contributed by atoms with van der Waals surface area (Å²) in [4.78, 5) is 30.5. The van der Waals surface area contributed by atoms with Crippen molar-refractivity contribution in [2.24, 2.45) is 0 Å². The van der Waals surface area contributed by atoms with E-state index in [0.717, 1.165) is 38.2 Å². The summed E-state index contributed by atoms with van der Waals surface area (Å²) >= 11 is 0. The fraction of sp³-hybridized carbons (Fsp3) is 0.429. The number of fused-ring (bicyclic) bond motifs is 1. The van der Waals surface area contributed by atoms with Crippen LogP contribution >= 0.6 is 0 Å². The van der Waals surface area contributed by atoms with E-state index in [0.29, 0.717) is 17.4 Å². The third kappa shape index (κ3) is 5.40. The number of halogens is 3. The molecule has 8 nitrogen and oxygen atoms in total. The smallest absolute Gasteiger partial charge is 0.265 e. The van der Waals surface area contributed by atoms with Crippen LogP contribution in [-0.2, 0) is 11.2 Å². The van der Waals surface area contributed by atoms with Crippen LogP contribution in [-0.4, -0.2) is 71.6 Å². The van der Waals surface area contributed by atoms with Crippen molar-refractivity contribution >= 4 is 17.3 Å². The first-order chi connectivity index (χ1) is 18.6. The second kappa shape index (κ2) is 10.8. The van der Waals surface area contributed by atoms with Crippen LogP contribution in [0.5, 0.6) is 5.75 Å². The Bertz CT molecular complexity index is 1390. The van der Waals surface area contributed by atoms with E-state index in [1.54, 1.807) is 26.0 Å². The lowest BCUT2D eigenvalue weighted by Gasteiger charge is -2.36. The van der Waals surface area contributed by atoms with Crippen LogP contribution in [0.2, 0.25) is 0 Å². The zero-order chi connectivity index (χ0) is 27.8. The molecule has 0 bridgehead atoms. The monoisotopic (exact) mass is 540 g/mol. The zero-order valence-corrected chi connectivity index (χ0v) is 22.4. The van der Waals surface area contributed by atoms with Gasteiger partial charge in [-0.25, -0.2) is 23.7 Å². The maximum atomic E-state index is 15.0. The molecular weight excluding hydrogens is 509 g/mol. The fourth-order valence-corrected chi connectivity index (χ4v) is 5.22. The molecule has 2 aliphatic heterocycles. The molecular formula is C28H31F3N6O2. The van der Waals surface area contributed by atoms with Crippen molar-refractivity contribution in [3.63, 3.8) is 0 Å². The number of hydrogen-bond donors (Lipinski definition) is 0. The van der Waals surface area contributed by atoms with E-state index in [-0.39, 0.29) is 53.5 Å². The van der Waals surface area contributed by atoms with E-state index in [9.17, 15) is 18.0 Å². The van der Waals surface area contributed by atoms with Gasteiger partial charge in [-0.3, -0.25) is 4.79 Å². The van der Waals surface area contributed by atoms with Crippen LogP contribution in [0.4, 0.5) is 24.5 Å². The largest absolute Gasteiger partial charge is 0.478 e. The first-order valence-corrected chi connectivity index (χ1v) is 13.0. The summed E-state index contributed by atoms with van der Waals surface area (Å²) in [6, 6.07) is 6.24. The highest BCUT2D eigenvalue weighted by Gasteiger charge is 2.31. The second-order valence-corrected chi connectivity index (χ2v) is 10.4. The summed E-state index contributed by atoms with van der Waals surface area (Å²) in [5.74, 6) is -2.25. The van der Waals surface area contributed by atoms with Crippen molar-refractivity contribution in [1.29, 1.82) is 0 Å². The number of rotatable bonds is 6. The molecule has 0 spiro atoms. The van der Waals surface area contributed by atoms with Gasteiger partial charge in [0.25, 0.3) is 5.91 Å². The van der Waals surface area contributed by atoms with Gasteiger partial charge in [0.2, 0.25) is 5.95 Å². The average molecular weight is 541 g/mol. The first kappa shape index (κ1) is 26.9. The fourth-order valence-electron chi connectivity index (χ4n) is 5.22. The standard InChI is InChI=1S/C28H31F3N6O2/c1-16(2)37-23-12-17(11-20(29)27(23)39-15-25(37)38)26-21(30)14-32-24(34-26)13-18-5-6-22(28(31)33-18)36-9-7-19(8-10-36)35(3)4/h5-6,11-12,14,16,19H,7-10,13,15H2,1-4H3. The molecule has 1 fully saturated rings. The summed E-state index contributed by atoms with van der Waals surface area (Å²) in [6.45, 7) is 4.80. The highest BCUT2D eigenvalue weighted by Crippen LogP contribution is 2.39. The first-order valence-electron chi connectivity index (χ1n) is 13.0. The minimum Gasteiger partial charge on any atom is -0.478 e. The van der Waals surface area contributed by atoms with Crippen LogP contribution in [0.1, 0.15) is 38.2 Å². The molecule has 0 atom stereocenters. The van der Waals surface area contributed by atoms with Crippen molar-refractivity contribution < 1.29 is 22.7 Å². The molecule has 39 heavy (non-hydrogen) atoms. The van der Waals surface area contributed by atoms with Crippen molar-refractivity contribution in [2.75, 3.05) is 43.6 Å². The lowest BCUT2D eigenvalue weighted by molar-refractivity contribution is -0.121. The summed E-state index contributed by atoms with van der Waals surface area (Å²) in [6.07, 6.45) is 2.94. The SMILES string of the molecule is CC(C)N1C(=O)COc2c(F)cc(-c3nc(Cc4ccc(N5CCC(N(C)C)CC5)c(F)n4)ncc3F)cc21. The highest BCUT2D eigenvalue weighted by atomic mass is 19.1. The van der Waals surface area contributed by atoms with Gasteiger partial charge in [-0.1, -0.05) is 0 Å². The molecule has 2 aromatic heterocycles. The summed E-state index contributed by atoms with van der Waals surface area (Å²) < 4.78 is 50.1. The van der Waals surface area contributed by atoms with Crippen molar-refractivity contribution in [3.8, 4) is 17.0 Å². The third-order valence-electron chi connectivity index (χ3n) is 7.24. The number of amides is 1. The van der Waals surface area contributed by atoms with Crippen LogP contribution in [0.25, 0.3) is 11.3 Å². The summed E-state index contributed by atoms with van der Waals surface area (Å²) in [7, 11) is 4.11. The lowest BCUT2D eigenvalue weighted by Crippen LogP contribution is -2.43. The zero-order valence-electron chi connectivity index (χ0n) is 22.4. The normalized spacial score (nSPS) is 16.2. The van der Waals surface area contributed by atoms with Gasteiger partial charge in [0.15, 0.2) is 24.0 Å². The van der Waals surface area contributed by atoms with Crippen LogP contribution in [0.3, 0.4) is 0 Å². The molecule has 3 aromatic rings. The molecule has 0 saturated carbocycles. The van der Waals surface area contributed by atoms with E-state index in [1.807, 2.05) is 4.90 Å². The van der Waals surface area contributed by atoms with Crippen molar-refractivity contribution in [1.82, 2.24) is 19.9 Å². The number of nitrogens with zero attached hydrogens (tertiary/aromatic N) is 6. The van der Waals surface area contributed by atoms with Crippen LogP contribution in [0.15, 0.2) is 30.5 Å². The number of hydrogen-bond acceptors (Lipinski definition) is 7. The molecule has 4 heterocycles. The Balaban J connectivity index is 1.39. The number of pyridine rings is 1. The number of carbonyl (C=O) groups excluding carboxylic acids is 1. The third-order valence-corrected chi connectivity index (χ3v) is 7.24. The van der Waals surface area contributed by atoms with Crippen molar-refractivity contribution in [3.05, 3.63) is 59.6 Å². The predicted molar refractivity (Wildman–Crippen MR) is 141 cm³/mol. The number of benzene rings is 1. The van der Waals surface area contributed by atoms with Gasteiger partial charge in [0.1, 0.15) is 11.5 Å². The number of piperidine rings is 1. The minimum atomic E-state index is -0.757. The van der Waals surface area contributed by atoms with Gasteiger partial charge in [-0.15, -0.1) is 0 Å². The van der Waals surface area contributed by atoms with Crippen molar-refractivity contribution in [2.45, 2.75) is 45.2 Å². The van der Waals surface area contributed by atoms with Gasteiger partial charge < -0.3 is 19.4 Å². The van der Waals surface area contributed by atoms with E-state index in [1.165, 1.54) is 11.0 Å². The molecule has 11 heteroatoms. The molecule has 0 radical (unpaired) electrons. The Morgan fingerprint density at radius 1 is 1.05 bits per heavy atom. The maximum Gasteiger partial charge on any atom is 0.265 e. The van der Waals surface area contributed by atoms with Gasteiger partial charge in [-0.2, -0.15) is 4.39 Å². The molecule has 0 N–H and O–H groups in total.